The Morgan fingerprint density at radius 1 is 1.13 bits per heavy atom. The number of hydrogen-bond acceptors (Lipinski definition) is 5. The van der Waals surface area contributed by atoms with Crippen LogP contribution in [0.15, 0.2) is 44.6 Å². The number of hydrogen-bond donors (Lipinski definition) is 2. The van der Waals surface area contributed by atoms with E-state index in [-0.39, 0.29) is 5.69 Å². The number of halogens is 2. The molecule has 1 aromatic heterocycles. The van der Waals surface area contributed by atoms with E-state index in [9.17, 15) is 9.59 Å². The lowest BCUT2D eigenvalue weighted by molar-refractivity contribution is 0.0842. The predicted molar refractivity (Wildman–Crippen MR) is 95.2 cm³/mol. The first kappa shape index (κ1) is 17.9. The third-order valence-electron chi connectivity index (χ3n) is 2.62. The summed E-state index contributed by atoms with van der Waals surface area (Å²) in [4.78, 5) is 32.5. The molecule has 0 aliphatic rings. The number of carbonyl (C=O) groups excluding carboxylic acids is 2. The molecule has 0 saturated heterocycles. The van der Waals surface area contributed by atoms with E-state index in [1.54, 1.807) is 24.3 Å². The summed E-state index contributed by atoms with van der Waals surface area (Å²) in [5.74, 6) is -0.168. The Morgan fingerprint density at radius 2 is 1.83 bits per heavy atom. The molecule has 2 amide bonds. The summed E-state index contributed by atoms with van der Waals surface area (Å²) in [7, 11) is 0. The molecule has 0 atom stereocenters. The van der Waals surface area contributed by atoms with Crippen LogP contribution in [0.2, 0.25) is 0 Å². The SMILES string of the molecule is CCSc1ncc(Br)c(C(=O)NNC(=O)c2ccccc2Br)n1. The Hall–Kier alpha value is -1.45. The van der Waals surface area contributed by atoms with Crippen molar-refractivity contribution >= 4 is 55.4 Å². The average molecular weight is 460 g/mol. The van der Waals surface area contributed by atoms with Crippen LogP contribution >= 0.6 is 43.6 Å². The van der Waals surface area contributed by atoms with Crippen molar-refractivity contribution in [3.05, 3.63) is 50.7 Å². The lowest BCUT2D eigenvalue weighted by Gasteiger charge is -2.09. The van der Waals surface area contributed by atoms with Gasteiger partial charge >= 0.3 is 0 Å². The summed E-state index contributed by atoms with van der Waals surface area (Å²) in [6.45, 7) is 1.97. The maximum Gasteiger partial charge on any atom is 0.289 e. The van der Waals surface area contributed by atoms with Gasteiger partial charge in [0.15, 0.2) is 5.16 Å². The van der Waals surface area contributed by atoms with Crippen LogP contribution in [-0.4, -0.2) is 27.5 Å². The Balaban J connectivity index is 2.06. The molecule has 2 rings (SSSR count). The zero-order valence-corrected chi connectivity index (χ0v) is 16.0. The fourth-order valence-electron chi connectivity index (χ4n) is 1.59. The molecule has 0 spiro atoms. The number of benzene rings is 1. The van der Waals surface area contributed by atoms with Crippen molar-refractivity contribution in [2.24, 2.45) is 0 Å². The van der Waals surface area contributed by atoms with Crippen LogP contribution in [0.5, 0.6) is 0 Å². The van der Waals surface area contributed by atoms with E-state index in [4.69, 9.17) is 0 Å². The van der Waals surface area contributed by atoms with Gasteiger partial charge in [0.2, 0.25) is 0 Å². The van der Waals surface area contributed by atoms with Gasteiger partial charge in [0.05, 0.1) is 10.0 Å². The standard InChI is InChI=1S/C14H12Br2N4O2S/c1-2-23-14-17-7-10(16)11(18-14)13(22)20-19-12(21)8-5-3-4-6-9(8)15/h3-7H,2H2,1H3,(H,19,21)(H,20,22). The number of amides is 2. The topological polar surface area (TPSA) is 84.0 Å². The molecule has 23 heavy (non-hydrogen) atoms. The van der Waals surface area contributed by atoms with Crippen molar-refractivity contribution in [3.63, 3.8) is 0 Å². The molecule has 0 bridgehead atoms. The van der Waals surface area contributed by atoms with Gasteiger partial charge in [-0.25, -0.2) is 9.97 Å². The first-order valence-corrected chi connectivity index (χ1v) is 9.10. The molecule has 6 nitrogen and oxygen atoms in total. The Labute approximate surface area is 154 Å². The second kappa shape index (κ2) is 8.42. The number of rotatable bonds is 4. The number of carbonyl (C=O) groups is 2. The normalized spacial score (nSPS) is 10.2. The fraction of sp³-hybridized carbons (Fsp3) is 0.143. The van der Waals surface area contributed by atoms with E-state index in [0.717, 1.165) is 5.75 Å². The van der Waals surface area contributed by atoms with E-state index in [2.05, 4.69) is 52.7 Å². The second-order valence-corrected chi connectivity index (χ2v) is 7.11. The van der Waals surface area contributed by atoms with Crippen LogP contribution in [0, 0.1) is 0 Å². The molecule has 0 radical (unpaired) electrons. The van der Waals surface area contributed by atoms with E-state index >= 15 is 0 Å². The van der Waals surface area contributed by atoms with E-state index < -0.39 is 11.8 Å². The maximum atomic E-state index is 12.2. The summed E-state index contributed by atoms with van der Waals surface area (Å²) in [6, 6.07) is 6.91. The highest BCUT2D eigenvalue weighted by Gasteiger charge is 2.16. The molecule has 0 saturated carbocycles. The van der Waals surface area contributed by atoms with Crippen LogP contribution in [0.4, 0.5) is 0 Å². The lowest BCUT2D eigenvalue weighted by atomic mass is 10.2. The smallest absolute Gasteiger partial charge is 0.267 e. The van der Waals surface area contributed by atoms with Gasteiger partial charge in [0.25, 0.3) is 11.8 Å². The highest BCUT2D eigenvalue weighted by atomic mass is 79.9. The molecule has 2 N–H and O–H groups in total. The number of hydrazine groups is 1. The zero-order valence-electron chi connectivity index (χ0n) is 12.0. The number of nitrogens with zero attached hydrogens (tertiary/aromatic N) is 2. The van der Waals surface area contributed by atoms with Crippen molar-refractivity contribution in [1.29, 1.82) is 0 Å². The van der Waals surface area contributed by atoms with Crippen LogP contribution in [0.1, 0.15) is 27.8 Å². The van der Waals surface area contributed by atoms with Crippen LogP contribution in [0.25, 0.3) is 0 Å². The fourth-order valence-corrected chi connectivity index (χ4v) is 2.97. The Morgan fingerprint density at radius 3 is 2.52 bits per heavy atom. The predicted octanol–water partition coefficient (Wildman–Crippen LogP) is 3.19. The minimum Gasteiger partial charge on any atom is -0.267 e. The highest BCUT2D eigenvalue weighted by Crippen LogP contribution is 2.18. The quantitative estimate of drug-likeness (QED) is 0.416. The minimum atomic E-state index is -0.530. The first-order chi connectivity index (χ1) is 11.0. The molecule has 9 heteroatoms. The van der Waals surface area contributed by atoms with Gasteiger partial charge in [-0.3, -0.25) is 20.4 Å². The molecule has 120 valence electrons. The van der Waals surface area contributed by atoms with E-state index in [0.29, 0.717) is 19.7 Å². The zero-order chi connectivity index (χ0) is 16.8. The molecule has 2 aromatic rings. The van der Waals surface area contributed by atoms with Gasteiger partial charge in [0, 0.05) is 10.7 Å². The molecule has 1 aromatic carbocycles. The van der Waals surface area contributed by atoms with Crippen molar-refractivity contribution < 1.29 is 9.59 Å². The van der Waals surface area contributed by atoms with Gasteiger partial charge < -0.3 is 0 Å². The molecular weight excluding hydrogens is 448 g/mol. The third-order valence-corrected chi connectivity index (χ3v) is 4.63. The Bertz CT molecular complexity index is 742. The summed E-state index contributed by atoms with van der Waals surface area (Å²) >= 11 is 7.94. The number of thioether (sulfide) groups is 1. The summed E-state index contributed by atoms with van der Waals surface area (Å²) < 4.78 is 1.09. The van der Waals surface area contributed by atoms with Gasteiger partial charge in [0.1, 0.15) is 5.69 Å². The van der Waals surface area contributed by atoms with Crippen molar-refractivity contribution in [1.82, 2.24) is 20.8 Å². The summed E-state index contributed by atoms with van der Waals surface area (Å²) in [6.07, 6.45) is 1.51. The average Bonchev–Trinajstić information content (AvgIpc) is 2.54. The molecule has 0 aliphatic heterocycles. The van der Waals surface area contributed by atoms with Gasteiger partial charge in [-0.05, 0) is 49.7 Å². The highest BCUT2D eigenvalue weighted by molar-refractivity contribution is 9.10. The van der Waals surface area contributed by atoms with Crippen molar-refractivity contribution in [2.45, 2.75) is 12.1 Å². The first-order valence-electron chi connectivity index (χ1n) is 6.53. The van der Waals surface area contributed by atoms with Crippen LogP contribution < -0.4 is 10.9 Å². The maximum absolute atomic E-state index is 12.2. The lowest BCUT2D eigenvalue weighted by Crippen LogP contribution is -2.42. The monoisotopic (exact) mass is 458 g/mol. The van der Waals surface area contributed by atoms with Crippen molar-refractivity contribution in [2.75, 3.05) is 5.75 Å². The van der Waals surface area contributed by atoms with Crippen LogP contribution in [-0.2, 0) is 0 Å². The minimum absolute atomic E-state index is 0.156. The van der Waals surface area contributed by atoms with E-state index in [1.807, 2.05) is 6.92 Å². The number of aromatic nitrogens is 2. The second-order valence-electron chi connectivity index (χ2n) is 4.17. The van der Waals surface area contributed by atoms with Gasteiger partial charge in [-0.1, -0.05) is 30.8 Å². The van der Waals surface area contributed by atoms with Gasteiger partial charge in [-0.15, -0.1) is 0 Å². The Kier molecular flexibility index (Phi) is 6.55. The van der Waals surface area contributed by atoms with E-state index in [1.165, 1.54) is 18.0 Å². The molecule has 0 aliphatic carbocycles. The molecule has 0 fully saturated rings. The van der Waals surface area contributed by atoms with Gasteiger partial charge in [-0.2, -0.15) is 0 Å². The van der Waals surface area contributed by atoms with Crippen LogP contribution in [0.3, 0.4) is 0 Å². The summed E-state index contributed by atoms with van der Waals surface area (Å²) in [5, 5.41) is 0.498. The summed E-state index contributed by atoms with van der Waals surface area (Å²) in [5.41, 5.74) is 5.28. The largest absolute Gasteiger partial charge is 0.289 e. The third kappa shape index (κ3) is 4.76. The molecule has 0 unspecified atom stereocenters. The molecule has 1 heterocycles. The molecular formula is C14H12Br2N4O2S. The number of nitrogens with one attached hydrogen (secondary N) is 2. The van der Waals surface area contributed by atoms with Crippen molar-refractivity contribution in [3.8, 4) is 0 Å².